The Balaban J connectivity index is 1.66. The first-order valence-corrected chi connectivity index (χ1v) is 9.93. The van der Waals surface area contributed by atoms with E-state index >= 15 is 0 Å². The predicted molar refractivity (Wildman–Crippen MR) is 108 cm³/mol. The van der Waals surface area contributed by atoms with E-state index in [0.29, 0.717) is 18.9 Å². The SMILES string of the molecule is CN=C(NCc1ccccc1-n1nc(C)cc1C)NC1CCCC(C(F)(F)F)C1. The van der Waals surface area contributed by atoms with Crippen molar-refractivity contribution in [2.24, 2.45) is 10.9 Å². The van der Waals surface area contributed by atoms with Gasteiger partial charge in [-0.3, -0.25) is 4.99 Å². The van der Waals surface area contributed by atoms with E-state index in [1.54, 1.807) is 7.05 Å². The molecular formula is C21H28F3N5. The molecule has 8 heteroatoms. The number of hydrogen-bond donors (Lipinski definition) is 2. The Kier molecular flexibility index (Phi) is 6.49. The summed E-state index contributed by atoms with van der Waals surface area (Å²) in [7, 11) is 1.63. The molecule has 1 saturated carbocycles. The summed E-state index contributed by atoms with van der Waals surface area (Å²) in [4.78, 5) is 4.20. The van der Waals surface area contributed by atoms with Gasteiger partial charge in [0.15, 0.2) is 5.96 Å². The number of nitrogens with one attached hydrogen (secondary N) is 2. The van der Waals surface area contributed by atoms with E-state index in [9.17, 15) is 13.2 Å². The molecule has 1 aromatic carbocycles. The molecule has 0 spiro atoms. The highest BCUT2D eigenvalue weighted by Crippen LogP contribution is 2.37. The van der Waals surface area contributed by atoms with Crippen LogP contribution in [0.4, 0.5) is 13.2 Å². The fraction of sp³-hybridized carbons (Fsp3) is 0.524. The van der Waals surface area contributed by atoms with Crippen LogP contribution in [0.3, 0.4) is 0 Å². The van der Waals surface area contributed by atoms with E-state index in [4.69, 9.17) is 0 Å². The number of alkyl halides is 3. The first kappa shape index (κ1) is 21.2. The maximum absolute atomic E-state index is 13.1. The van der Waals surface area contributed by atoms with Crippen molar-refractivity contribution >= 4 is 5.96 Å². The molecule has 1 fully saturated rings. The highest BCUT2D eigenvalue weighted by atomic mass is 19.4. The van der Waals surface area contributed by atoms with Crippen LogP contribution in [-0.4, -0.2) is 35.0 Å². The van der Waals surface area contributed by atoms with Gasteiger partial charge in [-0.05, 0) is 50.8 Å². The molecule has 5 nitrogen and oxygen atoms in total. The summed E-state index contributed by atoms with van der Waals surface area (Å²) in [6.45, 7) is 4.45. The minimum Gasteiger partial charge on any atom is -0.354 e. The van der Waals surface area contributed by atoms with Gasteiger partial charge in [0, 0.05) is 25.3 Å². The number of aromatic nitrogens is 2. The summed E-state index contributed by atoms with van der Waals surface area (Å²) in [6, 6.07) is 9.71. The van der Waals surface area contributed by atoms with Crippen molar-refractivity contribution in [1.82, 2.24) is 20.4 Å². The molecule has 158 valence electrons. The van der Waals surface area contributed by atoms with Gasteiger partial charge in [0.05, 0.1) is 17.3 Å². The van der Waals surface area contributed by atoms with Gasteiger partial charge < -0.3 is 10.6 Å². The van der Waals surface area contributed by atoms with E-state index in [1.165, 1.54) is 0 Å². The maximum Gasteiger partial charge on any atom is 0.391 e. The molecule has 2 N–H and O–H groups in total. The number of rotatable bonds is 4. The molecule has 1 aliphatic carbocycles. The monoisotopic (exact) mass is 407 g/mol. The second kappa shape index (κ2) is 8.88. The van der Waals surface area contributed by atoms with Crippen LogP contribution in [-0.2, 0) is 6.54 Å². The molecule has 3 rings (SSSR count). The number of hydrogen-bond acceptors (Lipinski definition) is 2. The zero-order valence-electron chi connectivity index (χ0n) is 17.1. The van der Waals surface area contributed by atoms with E-state index in [1.807, 2.05) is 48.9 Å². The Morgan fingerprint density at radius 1 is 1.24 bits per heavy atom. The zero-order chi connectivity index (χ0) is 21.0. The van der Waals surface area contributed by atoms with E-state index in [2.05, 4.69) is 20.7 Å². The molecular weight excluding hydrogens is 379 g/mol. The third-order valence-electron chi connectivity index (χ3n) is 5.38. The molecule has 1 heterocycles. The lowest BCUT2D eigenvalue weighted by atomic mass is 9.85. The van der Waals surface area contributed by atoms with Crippen LogP contribution in [0.25, 0.3) is 5.69 Å². The van der Waals surface area contributed by atoms with Crippen LogP contribution in [0.1, 0.15) is 42.6 Å². The second-order valence-electron chi connectivity index (χ2n) is 7.64. The van der Waals surface area contributed by atoms with E-state index in [-0.39, 0.29) is 18.9 Å². The number of nitrogens with zero attached hydrogens (tertiary/aromatic N) is 3. The average Bonchev–Trinajstić information content (AvgIpc) is 3.02. The van der Waals surface area contributed by atoms with Crippen LogP contribution >= 0.6 is 0 Å². The van der Waals surface area contributed by atoms with Gasteiger partial charge in [-0.1, -0.05) is 24.6 Å². The molecule has 29 heavy (non-hydrogen) atoms. The fourth-order valence-corrected chi connectivity index (χ4v) is 3.92. The van der Waals surface area contributed by atoms with Crippen LogP contribution in [0.15, 0.2) is 35.3 Å². The molecule has 0 amide bonds. The average molecular weight is 407 g/mol. The molecule has 1 aromatic heterocycles. The first-order chi connectivity index (χ1) is 13.8. The Hall–Kier alpha value is -2.51. The topological polar surface area (TPSA) is 54.2 Å². The largest absolute Gasteiger partial charge is 0.391 e. The molecule has 0 aliphatic heterocycles. The quantitative estimate of drug-likeness (QED) is 0.588. The molecule has 1 aliphatic rings. The lowest BCUT2D eigenvalue weighted by Gasteiger charge is -2.32. The Labute approximate surface area is 169 Å². The Bertz CT molecular complexity index is 856. The number of aliphatic imine (C=N–C) groups is 1. The van der Waals surface area contributed by atoms with Crippen LogP contribution in [0.2, 0.25) is 0 Å². The van der Waals surface area contributed by atoms with Crippen molar-refractivity contribution in [3.8, 4) is 5.69 Å². The van der Waals surface area contributed by atoms with Crippen molar-refractivity contribution in [3.05, 3.63) is 47.3 Å². The van der Waals surface area contributed by atoms with E-state index < -0.39 is 12.1 Å². The Morgan fingerprint density at radius 3 is 2.66 bits per heavy atom. The van der Waals surface area contributed by atoms with Crippen molar-refractivity contribution in [1.29, 1.82) is 0 Å². The van der Waals surface area contributed by atoms with Crippen molar-refractivity contribution in [2.45, 2.75) is 58.3 Å². The molecule has 2 atom stereocenters. The number of aryl methyl sites for hydroxylation is 2. The van der Waals surface area contributed by atoms with Gasteiger partial charge in [-0.2, -0.15) is 18.3 Å². The normalized spacial score (nSPS) is 20.6. The van der Waals surface area contributed by atoms with Gasteiger partial charge in [-0.15, -0.1) is 0 Å². The molecule has 2 aromatic rings. The molecule has 0 bridgehead atoms. The number of guanidine groups is 1. The zero-order valence-corrected chi connectivity index (χ0v) is 17.1. The standard InChI is InChI=1S/C21H28F3N5/c1-14-11-15(2)29(28-14)19-10-5-4-7-16(19)13-26-20(25-3)27-18-9-6-8-17(12-18)21(22,23)24/h4-5,7,10-11,17-18H,6,8-9,12-13H2,1-3H3,(H2,25,26,27). The number of benzene rings is 1. The predicted octanol–water partition coefficient (Wildman–Crippen LogP) is 4.28. The third-order valence-corrected chi connectivity index (χ3v) is 5.38. The summed E-state index contributed by atoms with van der Waals surface area (Å²) < 4.78 is 41.1. The van der Waals surface area contributed by atoms with Crippen molar-refractivity contribution in [2.75, 3.05) is 7.05 Å². The summed E-state index contributed by atoms with van der Waals surface area (Å²) in [5, 5.41) is 11.0. The lowest BCUT2D eigenvalue weighted by molar-refractivity contribution is -0.183. The summed E-state index contributed by atoms with van der Waals surface area (Å²) in [5.74, 6) is -0.723. The van der Waals surface area contributed by atoms with Crippen molar-refractivity contribution < 1.29 is 13.2 Å². The lowest BCUT2D eigenvalue weighted by Crippen LogP contribution is -2.46. The number of halogens is 3. The van der Waals surface area contributed by atoms with E-state index in [0.717, 1.165) is 29.1 Å². The van der Waals surface area contributed by atoms with Crippen LogP contribution in [0, 0.1) is 19.8 Å². The number of para-hydroxylation sites is 1. The van der Waals surface area contributed by atoms with Gasteiger partial charge in [0.25, 0.3) is 0 Å². The molecule has 2 unspecified atom stereocenters. The molecule has 0 radical (unpaired) electrons. The van der Waals surface area contributed by atoms with Gasteiger partial charge in [-0.25, -0.2) is 4.68 Å². The second-order valence-corrected chi connectivity index (χ2v) is 7.64. The smallest absolute Gasteiger partial charge is 0.354 e. The third kappa shape index (κ3) is 5.31. The first-order valence-electron chi connectivity index (χ1n) is 9.93. The van der Waals surface area contributed by atoms with Gasteiger partial charge >= 0.3 is 6.18 Å². The highest BCUT2D eigenvalue weighted by Gasteiger charge is 2.42. The minimum absolute atomic E-state index is 0.0898. The summed E-state index contributed by atoms with van der Waals surface area (Å²) in [6.07, 6.45) is -2.54. The van der Waals surface area contributed by atoms with Crippen molar-refractivity contribution in [3.63, 3.8) is 0 Å². The minimum atomic E-state index is -4.13. The van der Waals surface area contributed by atoms with Crippen LogP contribution < -0.4 is 10.6 Å². The maximum atomic E-state index is 13.1. The summed E-state index contributed by atoms with van der Waals surface area (Å²) >= 11 is 0. The summed E-state index contributed by atoms with van der Waals surface area (Å²) in [5.41, 5.74) is 3.98. The van der Waals surface area contributed by atoms with Crippen LogP contribution in [0.5, 0.6) is 0 Å². The molecule has 0 saturated heterocycles. The highest BCUT2D eigenvalue weighted by molar-refractivity contribution is 5.80. The Morgan fingerprint density at radius 2 is 2.00 bits per heavy atom. The van der Waals surface area contributed by atoms with Gasteiger partial charge in [0.2, 0.25) is 0 Å². The van der Waals surface area contributed by atoms with Gasteiger partial charge in [0.1, 0.15) is 0 Å². The fourth-order valence-electron chi connectivity index (χ4n) is 3.92.